The van der Waals surface area contributed by atoms with E-state index in [9.17, 15) is 13.2 Å². The van der Waals surface area contributed by atoms with Crippen LogP contribution >= 0.6 is 15.9 Å². The van der Waals surface area contributed by atoms with Gasteiger partial charge in [0.05, 0.1) is 11.5 Å². The van der Waals surface area contributed by atoms with Crippen LogP contribution in [0.2, 0.25) is 0 Å². The van der Waals surface area contributed by atoms with Crippen LogP contribution in [0.4, 0.5) is 0 Å². The Morgan fingerprint density at radius 3 is 2.65 bits per heavy atom. The number of carbonyl (C=O) groups is 1. The van der Waals surface area contributed by atoms with Gasteiger partial charge >= 0.3 is 0 Å². The minimum atomic E-state index is -3.02. The molecule has 7 heteroatoms. The Morgan fingerprint density at radius 2 is 2.20 bits per heavy atom. The maximum absolute atomic E-state index is 12.5. The number of nitrogens with zero attached hydrogens (tertiary/aromatic N) is 1. The monoisotopic (exact) mass is 363 g/mol. The second kappa shape index (κ2) is 5.89. The van der Waals surface area contributed by atoms with Gasteiger partial charge in [-0.05, 0) is 40.4 Å². The van der Waals surface area contributed by atoms with Gasteiger partial charge in [0.1, 0.15) is 0 Å². The van der Waals surface area contributed by atoms with Gasteiger partial charge in [-0.15, -0.1) is 0 Å². The van der Waals surface area contributed by atoms with E-state index in [1.54, 1.807) is 17.0 Å². The van der Waals surface area contributed by atoms with Gasteiger partial charge in [0, 0.05) is 12.6 Å². The van der Waals surface area contributed by atoms with Gasteiger partial charge in [0.25, 0.3) is 5.91 Å². The summed E-state index contributed by atoms with van der Waals surface area (Å²) in [5.74, 6) is 0.461. The lowest BCUT2D eigenvalue weighted by Crippen LogP contribution is -2.43. The Kier molecular flexibility index (Phi) is 4.59. The number of carbonyl (C=O) groups excluding carboxylic acids is 1. The van der Waals surface area contributed by atoms with E-state index in [2.05, 4.69) is 15.9 Å². The number of sulfone groups is 1. The molecule has 2 heterocycles. The lowest BCUT2D eigenvalue weighted by Gasteiger charge is -2.29. The van der Waals surface area contributed by atoms with Crippen LogP contribution in [-0.4, -0.2) is 43.3 Å². The van der Waals surface area contributed by atoms with Crippen LogP contribution in [0.3, 0.4) is 0 Å². The summed E-state index contributed by atoms with van der Waals surface area (Å²) in [6.45, 7) is 4.53. The highest BCUT2D eigenvalue weighted by atomic mass is 79.9. The fourth-order valence-corrected chi connectivity index (χ4v) is 4.42. The molecule has 0 radical (unpaired) electrons. The third-order valence-corrected chi connectivity index (χ3v) is 5.43. The van der Waals surface area contributed by atoms with E-state index in [1.807, 2.05) is 13.8 Å². The van der Waals surface area contributed by atoms with Crippen LogP contribution in [0.15, 0.2) is 21.2 Å². The highest BCUT2D eigenvalue weighted by Gasteiger charge is 2.36. The third kappa shape index (κ3) is 3.63. The zero-order chi connectivity index (χ0) is 14.9. The van der Waals surface area contributed by atoms with E-state index in [4.69, 9.17) is 4.42 Å². The van der Waals surface area contributed by atoms with Crippen LogP contribution in [0.25, 0.3) is 0 Å². The lowest BCUT2D eigenvalue weighted by molar-refractivity contribution is 0.0638. The molecule has 1 atom stereocenters. The quantitative estimate of drug-likeness (QED) is 0.823. The molecule has 1 fully saturated rings. The number of hydrogen-bond donors (Lipinski definition) is 0. The fraction of sp³-hybridized carbons (Fsp3) is 0.615. The summed E-state index contributed by atoms with van der Waals surface area (Å²) in [4.78, 5) is 14.1. The van der Waals surface area contributed by atoms with E-state index >= 15 is 0 Å². The first-order valence-corrected chi connectivity index (χ1v) is 9.16. The average molecular weight is 364 g/mol. The lowest BCUT2D eigenvalue weighted by atomic mass is 10.1. The zero-order valence-electron chi connectivity index (χ0n) is 11.5. The largest absolute Gasteiger partial charge is 0.444 e. The van der Waals surface area contributed by atoms with Crippen LogP contribution in [0.5, 0.6) is 0 Å². The molecule has 0 aliphatic carbocycles. The minimum Gasteiger partial charge on any atom is -0.444 e. The SMILES string of the molecule is CC(C)CN(C(=O)c1ccc(Br)o1)[C@H]1CCS(=O)(=O)C1. The molecule has 0 unspecified atom stereocenters. The summed E-state index contributed by atoms with van der Waals surface area (Å²) in [6, 6.07) is 3.01. The molecule has 0 N–H and O–H groups in total. The summed E-state index contributed by atoms with van der Waals surface area (Å²) < 4.78 is 29.0. The van der Waals surface area contributed by atoms with Gasteiger partial charge in [0.2, 0.25) is 0 Å². The van der Waals surface area contributed by atoms with Crippen molar-refractivity contribution in [2.45, 2.75) is 26.3 Å². The van der Waals surface area contributed by atoms with Gasteiger partial charge in [-0.2, -0.15) is 0 Å². The Bertz CT molecular complexity index is 593. The van der Waals surface area contributed by atoms with Gasteiger partial charge in [-0.1, -0.05) is 13.8 Å². The van der Waals surface area contributed by atoms with Crippen molar-refractivity contribution in [3.8, 4) is 0 Å². The highest BCUT2D eigenvalue weighted by molar-refractivity contribution is 9.10. The average Bonchev–Trinajstić information content (AvgIpc) is 2.91. The maximum Gasteiger partial charge on any atom is 0.289 e. The van der Waals surface area contributed by atoms with Gasteiger partial charge < -0.3 is 9.32 Å². The Balaban J connectivity index is 2.21. The van der Waals surface area contributed by atoms with E-state index in [-0.39, 0.29) is 35.1 Å². The Labute approximate surface area is 127 Å². The first-order chi connectivity index (χ1) is 9.28. The molecule has 5 nitrogen and oxygen atoms in total. The number of amides is 1. The topological polar surface area (TPSA) is 67.6 Å². The van der Waals surface area contributed by atoms with Crippen molar-refractivity contribution in [2.75, 3.05) is 18.1 Å². The molecule has 1 amide bonds. The third-order valence-electron chi connectivity index (χ3n) is 3.26. The Hall–Kier alpha value is -0.820. The number of furan rings is 1. The van der Waals surface area contributed by atoms with Crippen molar-refractivity contribution in [2.24, 2.45) is 5.92 Å². The first kappa shape index (κ1) is 15.6. The highest BCUT2D eigenvalue weighted by Crippen LogP contribution is 2.23. The molecule has 1 saturated heterocycles. The van der Waals surface area contributed by atoms with Crippen LogP contribution in [0.1, 0.15) is 30.8 Å². The predicted octanol–water partition coefficient (Wildman–Crippen LogP) is 2.33. The summed E-state index contributed by atoms with van der Waals surface area (Å²) in [6.07, 6.45) is 0.503. The van der Waals surface area contributed by atoms with E-state index < -0.39 is 9.84 Å². The predicted molar refractivity (Wildman–Crippen MR) is 79.3 cm³/mol. The molecule has 0 spiro atoms. The molecule has 2 rings (SSSR count). The van der Waals surface area contributed by atoms with Gasteiger partial charge in [-0.25, -0.2) is 8.42 Å². The standard InChI is InChI=1S/C13H18BrNO4S/c1-9(2)7-15(10-5-6-20(17,18)8-10)13(16)11-3-4-12(14)19-11/h3-4,9-10H,5-8H2,1-2H3/t10-/m0/s1. The van der Waals surface area contributed by atoms with Crippen molar-refractivity contribution < 1.29 is 17.6 Å². The first-order valence-electron chi connectivity index (χ1n) is 6.55. The second-order valence-corrected chi connectivity index (χ2v) is 8.52. The summed E-state index contributed by atoms with van der Waals surface area (Å²) in [5.41, 5.74) is 0. The van der Waals surface area contributed by atoms with E-state index in [0.717, 1.165) is 0 Å². The number of hydrogen-bond acceptors (Lipinski definition) is 4. The molecule has 0 saturated carbocycles. The molecular weight excluding hydrogens is 346 g/mol. The molecule has 1 aromatic heterocycles. The minimum absolute atomic E-state index is 0.0489. The normalized spacial score (nSPS) is 21.3. The van der Waals surface area contributed by atoms with E-state index in [1.165, 1.54) is 0 Å². The molecule has 0 bridgehead atoms. The summed E-state index contributed by atoms with van der Waals surface area (Å²) in [5, 5.41) is 0. The molecular formula is C13H18BrNO4S. The summed E-state index contributed by atoms with van der Waals surface area (Å²) in [7, 11) is -3.02. The maximum atomic E-state index is 12.5. The van der Waals surface area contributed by atoms with E-state index in [0.29, 0.717) is 17.6 Å². The molecule has 0 aromatic carbocycles. The van der Waals surface area contributed by atoms with Crippen molar-refractivity contribution in [3.63, 3.8) is 0 Å². The van der Waals surface area contributed by atoms with Gasteiger partial charge in [-0.3, -0.25) is 4.79 Å². The molecule has 1 aliphatic heterocycles. The fourth-order valence-electron chi connectivity index (χ4n) is 2.38. The van der Waals surface area contributed by atoms with Crippen molar-refractivity contribution in [1.82, 2.24) is 4.90 Å². The van der Waals surface area contributed by atoms with Crippen molar-refractivity contribution in [3.05, 3.63) is 22.6 Å². The van der Waals surface area contributed by atoms with Crippen LogP contribution in [-0.2, 0) is 9.84 Å². The second-order valence-electron chi connectivity index (χ2n) is 5.51. The van der Waals surface area contributed by atoms with Crippen LogP contribution in [0, 0.1) is 5.92 Å². The zero-order valence-corrected chi connectivity index (χ0v) is 13.9. The molecule has 1 aliphatic rings. The molecule has 1 aromatic rings. The number of halogens is 1. The molecule has 112 valence electrons. The summed E-state index contributed by atoms with van der Waals surface area (Å²) >= 11 is 3.17. The van der Waals surface area contributed by atoms with Gasteiger partial charge in [0.15, 0.2) is 20.3 Å². The number of rotatable bonds is 4. The van der Waals surface area contributed by atoms with Crippen LogP contribution < -0.4 is 0 Å². The Morgan fingerprint density at radius 1 is 1.50 bits per heavy atom. The smallest absolute Gasteiger partial charge is 0.289 e. The molecule has 20 heavy (non-hydrogen) atoms. The van der Waals surface area contributed by atoms with Crippen molar-refractivity contribution >= 4 is 31.7 Å². The van der Waals surface area contributed by atoms with Crippen molar-refractivity contribution in [1.29, 1.82) is 0 Å².